The lowest BCUT2D eigenvalue weighted by atomic mass is 10.1. The molecule has 0 spiro atoms. The van der Waals surface area contributed by atoms with Crippen molar-refractivity contribution in [3.8, 4) is 40.1 Å². The van der Waals surface area contributed by atoms with E-state index in [9.17, 15) is 25.2 Å². The van der Waals surface area contributed by atoms with Crippen LogP contribution in [0.15, 0.2) is 39.5 Å². The van der Waals surface area contributed by atoms with E-state index in [0.29, 0.717) is 5.56 Å². The lowest BCUT2D eigenvalue weighted by Gasteiger charge is -2.09. The highest BCUT2D eigenvalue weighted by Crippen LogP contribution is 2.42. The highest BCUT2D eigenvalue weighted by molar-refractivity contribution is 5.88. The normalized spacial score (nSPS) is 10.8. The highest BCUT2D eigenvalue weighted by atomic mass is 16.5. The third kappa shape index (κ3) is 2.28. The second-order valence-electron chi connectivity index (χ2n) is 4.83. The van der Waals surface area contributed by atoms with Gasteiger partial charge in [-0.15, -0.1) is 0 Å². The van der Waals surface area contributed by atoms with Gasteiger partial charge < -0.3 is 29.6 Å². The Morgan fingerprint density at radius 1 is 0.957 bits per heavy atom. The van der Waals surface area contributed by atoms with E-state index < -0.39 is 16.9 Å². The molecule has 0 saturated heterocycles. The van der Waals surface area contributed by atoms with E-state index in [4.69, 9.17) is 9.15 Å². The van der Waals surface area contributed by atoms with Crippen LogP contribution in [-0.2, 0) is 0 Å². The van der Waals surface area contributed by atoms with Gasteiger partial charge in [0.1, 0.15) is 5.76 Å². The predicted molar refractivity (Wildman–Crippen MR) is 81.1 cm³/mol. The van der Waals surface area contributed by atoms with Crippen molar-refractivity contribution in [3.05, 3.63) is 40.6 Å². The maximum Gasteiger partial charge on any atom is 0.205 e. The number of fused-ring (bicyclic) bond motifs is 1. The van der Waals surface area contributed by atoms with Crippen LogP contribution in [0.25, 0.3) is 22.3 Å². The zero-order chi connectivity index (χ0) is 16.7. The number of aromatic hydroxyl groups is 4. The van der Waals surface area contributed by atoms with Crippen LogP contribution in [0.3, 0.4) is 0 Å². The summed E-state index contributed by atoms with van der Waals surface area (Å²) >= 11 is 0. The number of phenols is 4. The molecule has 7 heteroatoms. The average Bonchev–Trinajstić information content (AvgIpc) is 2.53. The molecular weight excluding hydrogens is 304 g/mol. The van der Waals surface area contributed by atoms with Crippen LogP contribution in [0.5, 0.6) is 28.7 Å². The fourth-order valence-corrected chi connectivity index (χ4v) is 2.21. The molecule has 3 aromatic rings. The van der Waals surface area contributed by atoms with E-state index in [1.54, 1.807) is 0 Å². The van der Waals surface area contributed by atoms with Crippen molar-refractivity contribution in [2.24, 2.45) is 0 Å². The zero-order valence-corrected chi connectivity index (χ0v) is 11.9. The summed E-state index contributed by atoms with van der Waals surface area (Å²) in [5.74, 6) is -1.88. The first-order chi connectivity index (χ1) is 10.9. The number of rotatable bonds is 2. The average molecular weight is 316 g/mol. The van der Waals surface area contributed by atoms with Crippen molar-refractivity contribution in [1.82, 2.24) is 0 Å². The van der Waals surface area contributed by atoms with Crippen molar-refractivity contribution in [2.45, 2.75) is 0 Å². The Labute approximate surface area is 129 Å². The molecule has 0 unspecified atom stereocenters. The van der Waals surface area contributed by atoms with Gasteiger partial charge in [0, 0.05) is 11.6 Å². The summed E-state index contributed by atoms with van der Waals surface area (Å²) in [4.78, 5) is 12.2. The van der Waals surface area contributed by atoms with Crippen LogP contribution in [0.2, 0.25) is 0 Å². The molecule has 0 fully saturated rings. The van der Waals surface area contributed by atoms with Gasteiger partial charge in [-0.05, 0) is 24.3 Å². The highest BCUT2D eigenvalue weighted by Gasteiger charge is 2.18. The van der Waals surface area contributed by atoms with Gasteiger partial charge in [-0.1, -0.05) is 0 Å². The van der Waals surface area contributed by atoms with E-state index in [1.807, 2.05) is 0 Å². The topological polar surface area (TPSA) is 120 Å². The lowest BCUT2D eigenvalue weighted by molar-refractivity contribution is 0.350. The van der Waals surface area contributed by atoms with Crippen molar-refractivity contribution >= 4 is 11.0 Å². The smallest absolute Gasteiger partial charge is 0.205 e. The first-order valence-electron chi connectivity index (χ1n) is 6.51. The summed E-state index contributed by atoms with van der Waals surface area (Å²) in [6.07, 6.45) is 0. The van der Waals surface area contributed by atoms with Gasteiger partial charge in [-0.2, -0.15) is 0 Å². The standard InChI is InChI=1S/C16H12O7/c1-22-13-5-8-10(18)6-12(23-16(8)15(21)14(13)20)7-2-3-9(17)11(19)4-7/h2-6,17,19-21H,1H3. The van der Waals surface area contributed by atoms with Crippen LogP contribution < -0.4 is 10.2 Å². The minimum absolute atomic E-state index is 0.0314. The summed E-state index contributed by atoms with van der Waals surface area (Å²) < 4.78 is 10.4. The van der Waals surface area contributed by atoms with E-state index in [1.165, 1.54) is 37.4 Å². The minimum Gasteiger partial charge on any atom is -0.504 e. The Morgan fingerprint density at radius 2 is 1.70 bits per heavy atom. The molecule has 0 atom stereocenters. The fourth-order valence-electron chi connectivity index (χ4n) is 2.21. The van der Waals surface area contributed by atoms with Crippen molar-refractivity contribution in [1.29, 1.82) is 0 Å². The van der Waals surface area contributed by atoms with Crippen LogP contribution in [0.4, 0.5) is 0 Å². The van der Waals surface area contributed by atoms with Gasteiger partial charge in [0.05, 0.1) is 12.5 Å². The Morgan fingerprint density at radius 3 is 2.35 bits per heavy atom. The molecule has 4 N–H and O–H groups in total. The maximum atomic E-state index is 12.2. The predicted octanol–water partition coefficient (Wildman–Crippen LogP) is 2.29. The van der Waals surface area contributed by atoms with E-state index in [2.05, 4.69) is 0 Å². The van der Waals surface area contributed by atoms with Crippen molar-refractivity contribution < 1.29 is 29.6 Å². The molecule has 2 aromatic carbocycles. The van der Waals surface area contributed by atoms with Gasteiger partial charge in [-0.3, -0.25) is 4.79 Å². The Bertz CT molecular complexity index is 972. The Kier molecular flexibility index (Phi) is 3.25. The second-order valence-corrected chi connectivity index (χ2v) is 4.83. The molecule has 23 heavy (non-hydrogen) atoms. The van der Waals surface area contributed by atoms with E-state index in [0.717, 1.165) is 0 Å². The monoisotopic (exact) mass is 316 g/mol. The summed E-state index contributed by atoms with van der Waals surface area (Å²) in [6.45, 7) is 0. The fraction of sp³-hybridized carbons (Fsp3) is 0.0625. The molecule has 1 aromatic heterocycles. The molecule has 0 saturated carbocycles. The number of methoxy groups -OCH3 is 1. The molecule has 0 bridgehead atoms. The molecule has 0 aliphatic carbocycles. The van der Waals surface area contributed by atoms with Gasteiger partial charge in [0.15, 0.2) is 28.3 Å². The van der Waals surface area contributed by atoms with Crippen LogP contribution in [0.1, 0.15) is 0 Å². The number of phenolic OH excluding ortho intramolecular Hbond substituents is 4. The quantitative estimate of drug-likeness (QED) is 0.535. The minimum atomic E-state index is -0.624. The number of hydrogen-bond donors (Lipinski definition) is 4. The van der Waals surface area contributed by atoms with Crippen molar-refractivity contribution in [3.63, 3.8) is 0 Å². The van der Waals surface area contributed by atoms with Gasteiger partial charge in [-0.25, -0.2) is 0 Å². The first-order valence-corrected chi connectivity index (χ1v) is 6.51. The molecular formula is C16H12O7. The summed E-state index contributed by atoms with van der Waals surface area (Å²) in [5, 5.41) is 38.7. The van der Waals surface area contributed by atoms with Gasteiger partial charge in [0.2, 0.25) is 11.5 Å². The Hall–Kier alpha value is -3.35. The first kappa shape index (κ1) is 14.6. The molecule has 0 aliphatic rings. The Balaban J connectivity index is 2.31. The summed E-state index contributed by atoms with van der Waals surface area (Å²) in [5.41, 5.74) is -0.366. The molecule has 118 valence electrons. The van der Waals surface area contributed by atoms with Gasteiger partial charge in [0.25, 0.3) is 0 Å². The molecule has 0 aliphatic heterocycles. The largest absolute Gasteiger partial charge is 0.504 e. The van der Waals surface area contributed by atoms with E-state index >= 15 is 0 Å². The maximum absolute atomic E-state index is 12.2. The molecule has 3 rings (SSSR count). The zero-order valence-electron chi connectivity index (χ0n) is 11.9. The third-order valence-corrected chi connectivity index (χ3v) is 3.41. The van der Waals surface area contributed by atoms with Gasteiger partial charge >= 0.3 is 0 Å². The molecule has 7 nitrogen and oxygen atoms in total. The van der Waals surface area contributed by atoms with Crippen LogP contribution in [0, 0.1) is 0 Å². The van der Waals surface area contributed by atoms with Crippen LogP contribution >= 0.6 is 0 Å². The van der Waals surface area contributed by atoms with Crippen LogP contribution in [-0.4, -0.2) is 27.5 Å². The molecule has 1 heterocycles. The van der Waals surface area contributed by atoms with E-state index in [-0.39, 0.29) is 34.0 Å². The molecule has 0 amide bonds. The summed E-state index contributed by atoms with van der Waals surface area (Å²) in [7, 11) is 1.29. The lowest BCUT2D eigenvalue weighted by Crippen LogP contribution is -2.01. The SMILES string of the molecule is COc1cc2c(=O)cc(-c3ccc(O)c(O)c3)oc2c(O)c1O. The number of hydrogen-bond acceptors (Lipinski definition) is 7. The molecule has 0 radical (unpaired) electrons. The van der Waals surface area contributed by atoms with Crippen molar-refractivity contribution in [2.75, 3.05) is 7.11 Å². The second kappa shape index (κ2) is 5.13. The number of ether oxygens (including phenoxy) is 1. The number of benzene rings is 2. The third-order valence-electron chi connectivity index (χ3n) is 3.41. The summed E-state index contributed by atoms with van der Waals surface area (Å²) in [6, 6.07) is 6.30.